The number of Topliss-reactive ketones (excluding diaryl/α,β-unsaturated/α-hetero) is 1. The number of amides is 1. The van der Waals surface area contributed by atoms with Gasteiger partial charge in [0.25, 0.3) is 8.53 Å². The van der Waals surface area contributed by atoms with Crippen LogP contribution in [0.4, 0.5) is 0 Å². The van der Waals surface area contributed by atoms with Gasteiger partial charge in [-0.05, 0) is 75.6 Å². The number of terminal acetylenes is 1. The monoisotopic (exact) mass is 742 g/mol. The van der Waals surface area contributed by atoms with Crippen LogP contribution in [0, 0.1) is 12.3 Å². The molecule has 0 aromatic heterocycles. The minimum absolute atomic E-state index is 0.0780. The van der Waals surface area contributed by atoms with Crippen molar-refractivity contribution in [2.75, 3.05) is 27.4 Å². The van der Waals surface area contributed by atoms with E-state index in [4.69, 9.17) is 34.4 Å². The van der Waals surface area contributed by atoms with Gasteiger partial charge < -0.3 is 28.0 Å². The van der Waals surface area contributed by atoms with E-state index in [9.17, 15) is 9.59 Å². The summed E-state index contributed by atoms with van der Waals surface area (Å²) >= 11 is 0. The first kappa shape index (κ1) is 40.1. The zero-order chi connectivity index (χ0) is 38.1. The van der Waals surface area contributed by atoms with Crippen LogP contribution >= 0.6 is 8.53 Å². The summed E-state index contributed by atoms with van der Waals surface area (Å²) in [6, 6.07) is 25.9. The normalized spacial score (nSPS) is 19.8. The maximum absolute atomic E-state index is 13.3. The molecule has 2 aliphatic rings. The smallest absolute Gasteiger partial charge is 0.259 e. The van der Waals surface area contributed by atoms with Gasteiger partial charge >= 0.3 is 0 Å². The van der Waals surface area contributed by atoms with Crippen LogP contribution in [-0.4, -0.2) is 79.2 Å². The van der Waals surface area contributed by atoms with Gasteiger partial charge in [0, 0.05) is 36.7 Å². The Kier molecular flexibility index (Phi) is 13.9. The van der Waals surface area contributed by atoms with Crippen molar-refractivity contribution in [3.8, 4) is 23.8 Å². The second-order valence-electron chi connectivity index (χ2n) is 13.6. The van der Waals surface area contributed by atoms with E-state index in [2.05, 4.69) is 38.3 Å². The van der Waals surface area contributed by atoms with E-state index >= 15 is 0 Å². The van der Waals surface area contributed by atoms with Crippen LogP contribution in [0.15, 0.2) is 90.6 Å². The molecule has 0 aliphatic carbocycles. The van der Waals surface area contributed by atoms with Gasteiger partial charge in [0.2, 0.25) is 5.91 Å². The van der Waals surface area contributed by atoms with Gasteiger partial charge in [-0.1, -0.05) is 54.6 Å². The van der Waals surface area contributed by atoms with Crippen molar-refractivity contribution in [1.29, 1.82) is 0 Å². The number of nitrogens with zero attached hydrogens (tertiary/aromatic N) is 2. The molecule has 1 fully saturated rings. The summed E-state index contributed by atoms with van der Waals surface area (Å²) in [7, 11) is 1.68. The number of carbonyl (C=O) groups excluding carboxylic acids is 2. The number of allylic oxidation sites excluding steroid dienone is 1. The molecule has 0 radical (unpaired) electrons. The Morgan fingerprint density at radius 1 is 0.906 bits per heavy atom. The zero-order valence-corrected chi connectivity index (χ0v) is 32.6. The highest BCUT2D eigenvalue weighted by Gasteiger charge is 2.47. The Morgan fingerprint density at radius 2 is 1.47 bits per heavy atom. The van der Waals surface area contributed by atoms with E-state index in [0.717, 1.165) is 16.7 Å². The third-order valence-electron chi connectivity index (χ3n) is 9.42. The summed E-state index contributed by atoms with van der Waals surface area (Å²) in [5, 5.41) is 0. The van der Waals surface area contributed by atoms with Gasteiger partial charge in [0.15, 0.2) is 5.78 Å². The van der Waals surface area contributed by atoms with E-state index in [1.807, 2.05) is 78.9 Å². The molecule has 5 rings (SSSR count). The van der Waals surface area contributed by atoms with Crippen molar-refractivity contribution in [2.24, 2.45) is 0 Å². The molecule has 2 heterocycles. The fraction of sp³-hybridized carbons (Fsp3) is 0.429. The Morgan fingerprint density at radius 3 is 2.00 bits per heavy atom. The van der Waals surface area contributed by atoms with Gasteiger partial charge in [-0.2, -0.15) is 0 Å². The van der Waals surface area contributed by atoms with Gasteiger partial charge in [0.05, 0.1) is 40.0 Å². The zero-order valence-electron chi connectivity index (χ0n) is 31.7. The second kappa shape index (κ2) is 18.3. The summed E-state index contributed by atoms with van der Waals surface area (Å²) in [6.07, 6.45) is 5.87. The Bertz CT molecular complexity index is 1680. The van der Waals surface area contributed by atoms with Crippen molar-refractivity contribution >= 4 is 20.2 Å². The molecule has 3 aromatic rings. The minimum Gasteiger partial charge on any atom is -0.497 e. The summed E-state index contributed by atoms with van der Waals surface area (Å²) in [4.78, 5) is 27.2. The number of benzene rings is 3. The van der Waals surface area contributed by atoms with Crippen molar-refractivity contribution in [2.45, 2.75) is 90.0 Å². The molecular weight excluding hydrogens is 691 g/mol. The average Bonchev–Trinajstić information content (AvgIpc) is 3.56. The molecule has 0 saturated carbocycles. The van der Waals surface area contributed by atoms with E-state index < -0.39 is 32.6 Å². The quantitative estimate of drug-likeness (QED) is 0.0456. The van der Waals surface area contributed by atoms with Crippen LogP contribution in [0.3, 0.4) is 0 Å². The predicted octanol–water partition coefficient (Wildman–Crippen LogP) is 7.60. The van der Waals surface area contributed by atoms with Crippen LogP contribution in [0.1, 0.15) is 70.6 Å². The Balaban J connectivity index is 1.58. The number of hydrogen-bond acceptors (Lipinski definition) is 9. The second-order valence-corrected chi connectivity index (χ2v) is 15.0. The summed E-state index contributed by atoms with van der Waals surface area (Å²) < 4.78 is 40.5. The maximum atomic E-state index is 13.3. The number of ether oxygens (including phenoxy) is 4. The minimum atomic E-state index is -1.60. The van der Waals surface area contributed by atoms with Crippen molar-refractivity contribution in [3.63, 3.8) is 0 Å². The molecule has 4 unspecified atom stereocenters. The topological polar surface area (TPSA) is 96.0 Å². The van der Waals surface area contributed by atoms with Crippen molar-refractivity contribution in [3.05, 3.63) is 107 Å². The summed E-state index contributed by atoms with van der Waals surface area (Å²) in [6.45, 7) is 10.5. The molecule has 0 bridgehead atoms. The Labute approximate surface area is 315 Å². The van der Waals surface area contributed by atoms with Crippen LogP contribution in [0.5, 0.6) is 11.5 Å². The fourth-order valence-electron chi connectivity index (χ4n) is 6.80. The molecule has 3 aromatic carbocycles. The first-order valence-electron chi connectivity index (χ1n) is 18.0. The van der Waals surface area contributed by atoms with Gasteiger partial charge in [-0.15, -0.1) is 12.3 Å². The third-order valence-corrected chi connectivity index (χ3v) is 11.6. The first-order valence-corrected chi connectivity index (χ1v) is 19.1. The molecule has 4 atom stereocenters. The standard InChI is InChI=1S/C42H51N2O8P/c1-9-10-24-50-53(44(29(2)3)30(4)5)52-38-26-41(43-27-31(6)37(45)25-40(43)46)51-39(38)28-49-42(32-14-12-11-13-15-32,33-16-20-35(47-7)21-17-33)34-18-22-36(48-8)23-19-34/h1,11-23,27,29-30,38-39,41H,10,24-26,28H2,2-8H3. The molecule has 0 spiro atoms. The van der Waals surface area contributed by atoms with E-state index in [1.165, 1.54) is 4.90 Å². The molecule has 0 N–H and O–H groups in total. The van der Waals surface area contributed by atoms with Crippen LogP contribution in [-0.2, 0) is 33.7 Å². The molecule has 53 heavy (non-hydrogen) atoms. The lowest BCUT2D eigenvalue weighted by Gasteiger charge is -2.39. The Hall–Kier alpha value is -4.07. The highest BCUT2D eigenvalue weighted by Crippen LogP contribution is 2.50. The lowest BCUT2D eigenvalue weighted by Crippen LogP contribution is -2.41. The van der Waals surface area contributed by atoms with Crippen LogP contribution in [0.2, 0.25) is 0 Å². The molecule has 11 heteroatoms. The molecule has 1 amide bonds. The van der Waals surface area contributed by atoms with Gasteiger partial charge in [-0.25, -0.2) is 4.67 Å². The number of hydrogen-bond donors (Lipinski definition) is 0. The van der Waals surface area contributed by atoms with Crippen LogP contribution < -0.4 is 9.47 Å². The molecular formula is C42H51N2O8P. The van der Waals surface area contributed by atoms with Crippen molar-refractivity contribution < 1.29 is 37.6 Å². The first-order chi connectivity index (χ1) is 25.5. The molecule has 1 saturated heterocycles. The lowest BCUT2D eigenvalue weighted by molar-refractivity contribution is -0.147. The molecule has 10 nitrogen and oxygen atoms in total. The number of ketones is 1. The largest absolute Gasteiger partial charge is 0.497 e. The summed E-state index contributed by atoms with van der Waals surface area (Å²) in [5.41, 5.74) is 2.03. The van der Waals surface area contributed by atoms with E-state index in [0.29, 0.717) is 36.5 Å². The number of methoxy groups -OCH3 is 2. The third kappa shape index (κ3) is 9.18. The van der Waals surface area contributed by atoms with E-state index in [1.54, 1.807) is 27.3 Å². The number of rotatable bonds is 17. The lowest BCUT2D eigenvalue weighted by atomic mass is 9.80. The summed E-state index contributed by atoms with van der Waals surface area (Å²) in [5.74, 6) is 3.57. The number of carbonyl (C=O) groups is 2. The van der Waals surface area contributed by atoms with E-state index in [-0.39, 0.29) is 36.8 Å². The fourth-order valence-corrected chi connectivity index (χ4v) is 8.56. The highest BCUT2D eigenvalue weighted by atomic mass is 31.2. The SMILES string of the molecule is C#CCCOP(OC1CC(N2C=C(C)C(=O)CC2=O)OC1COC(c1ccccc1)(c1ccc(OC)cc1)c1ccc(OC)cc1)N(C(C)C)C(C)C. The van der Waals surface area contributed by atoms with Gasteiger partial charge in [0.1, 0.15) is 29.4 Å². The molecule has 2 aliphatic heterocycles. The molecule has 282 valence electrons. The highest BCUT2D eigenvalue weighted by molar-refractivity contribution is 7.44. The van der Waals surface area contributed by atoms with Crippen molar-refractivity contribution in [1.82, 2.24) is 9.57 Å². The van der Waals surface area contributed by atoms with Crippen LogP contribution in [0.25, 0.3) is 0 Å². The predicted molar refractivity (Wildman–Crippen MR) is 205 cm³/mol. The average molecular weight is 743 g/mol. The maximum Gasteiger partial charge on any atom is 0.259 e. The van der Waals surface area contributed by atoms with Gasteiger partial charge in [-0.3, -0.25) is 14.5 Å².